The van der Waals surface area contributed by atoms with Crippen molar-refractivity contribution in [1.29, 1.82) is 0 Å². The molecule has 0 aliphatic heterocycles. The van der Waals surface area contributed by atoms with Gasteiger partial charge in [-0.05, 0) is 44.0 Å². The lowest BCUT2D eigenvalue weighted by Gasteiger charge is -1.98. The molecule has 0 amide bonds. The standard InChI is InChI=1S/C13H14F2N2S/c14-10-5-4-9(7-11(10)15)12-8-18-13(17-12)3-1-2-6-16/h4-5,7-8H,1-3,6,16H2. The molecule has 18 heavy (non-hydrogen) atoms. The lowest BCUT2D eigenvalue weighted by Crippen LogP contribution is -1.98. The van der Waals surface area contributed by atoms with Crippen LogP contribution in [0.5, 0.6) is 0 Å². The van der Waals surface area contributed by atoms with E-state index in [-0.39, 0.29) is 0 Å². The number of thiazole rings is 1. The van der Waals surface area contributed by atoms with E-state index in [9.17, 15) is 8.78 Å². The molecule has 1 heterocycles. The summed E-state index contributed by atoms with van der Waals surface area (Å²) in [4.78, 5) is 4.41. The molecule has 0 atom stereocenters. The van der Waals surface area contributed by atoms with E-state index < -0.39 is 11.6 Å². The highest BCUT2D eigenvalue weighted by Crippen LogP contribution is 2.24. The molecule has 0 radical (unpaired) electrons. The highest BCUT2D eigenvalue weighted by molar-refractivity contribution is 7.09. The number of hydrogen-bond acceptors (Lipinski definition) is 3. The predicted octanol–water partition coefficient (Wildman–Crippen LogP) is 3.37. The van der Waals surface area contributed by atoms with Crippen LogP contribution in [0.2, 0.25) is 0 Å². The van der Waals surface area contributed by atoms with Crippen LogP contribution in [0, 0.1) is 11.6 Å². The molecular formula is C13H14F2N2S. The second-order valence-corrected chi connectivity index (χ2v) is 4.94. The number of nitrogens with two attached hydrogens (primary N) is 1. The summed E-state index contributed by atoms with van der Waals surface area (Å²) in [6.07, 6.45) is 2.85. The van der Waals surface area contributed by atoms with Crippen LogP contribution in [-0.4, -0.2) is 11.5 Å². The maximum absolute atomic E-state index is 13.1. The Labute approximate surface area is 108 Å². The van der Waals surface area contributed by atoms with Gasteiger partial charge in [-0.25, -0.2) is 13.8 Å². The van der Waals surface area contributed by atoms with Crippen molar-refractivity contribution in [3.05, 3.63) is 40.2 Å². The van der Waals surface area contributed by atoms with Crippen LogP contribution in [0.3, 0.4) is 0 Å². The summed E-state index contributed by atoms with van der Waals surface area (Å²) in [6, 6.07) is 3.84. The minimum atomic E-state index is -0.842. The first-order chi connectivity index (χ1) is 8.70. The molecule has 0 saturated heterocycles. The van der Waals surface area contributed by atoms with E-state index in [1.54, 1.807) is 0 Å². The lowest BCUT2D eigenvalue weighted by molar-refractivity contribution is 0.509. The topological polar surface area (TPSA) is 38.9 Å². The van der Waals surface area contributed by atoms with Gasteiger partial charge in [-0.1, -0.05) is 0 Å². The Morgan fingerprint density at radius 1 is 1.17 bits per heavy atom. The van der Waals surface area contributed by atoms with Crippen LogP contribution in [-0.2, 0) is 6.42 Å². The van der Waals surface area contributed by atoms with E-state index in [1.807, 2.05) is 5.38 Å². The van der Waals surface area contributed by atoms with Gasteiger partial charge in [0.2, 0.25) is 0 Å². The molecule has 0 fully saturated rings. The van der Waals surface area contributed by atoms with E-state index >= 15 is 0 Å². The van der Waals surface area contributed by atoms with Crippen LogP contribution in [0.15, 0.2) is 23.6 Å². The van der Waals surface area contributed by atoms with Gasteiger partial charge in [0.1, 0.15) is 0 Å². The SMILES string of the molecule is NCCCCc1nc(-c2ccc(F)c(F)c2)cs1. The quantitative estimate of drug-likeness (QED) is 0.844. The van der Waals surface area contributed by atoms with Gasteiger partial charge >= 0.3 is 0 Å². The van der Waals surface area contributed by atoms with Crippen molar-refractivity contribution >= 4 is 11.3 Å². The highest BCUT2D eigenvalue weighted by atomic mass is 32.1. The number of nitrogens with zero attached hydrogens (tertiary/aromatic N) is 1. The van der Waals surface area contributed by atoms with Gasteiger partial charge < -0.3 is 5.73 Å². The molecule has 2 aromatic rings. The number of rotatable bonds is 5. The van der Waals surface area contributed by atoms with Crippen LogP contribution in [0.1, 0.15) is 17.8 Å². The number of hydrogen-bond donors (Lipinski definition) is 1. The highest BCUT2D eigenvalue weighted by Gasteiger charge is 2.08. The minimum Gasteiger partial charge on any atom is -0.330 e. The van der Waals surface area contributed by atoms with E-state index in [4.69, 9.17) is 5.73 Å². The third-order valence-corrected chi connectivity index (χ3v) is 3.52. The average molecular weight is 268 g/mol. The number of halogens is 2. The largest absolute Gasteiger partial charge is 0.330 e. The van der Waals surface area contributed by atoms with Crippen molar-refractivity contribution in [3.63, 3.8) is 0 Å². The Hall–Kier alpha value is -1.33. The van der Waals surface area contributed by atoms with Crippen molar-refractivity contribution in [2.75, 3.05) is 6.54 Å². The Bertz CT molecular complexity index is 525. The van der Waals surface area contributed by atoms with Gasteiger partial charge in [0.05, 0.1) is 10.7 Å². The van der Waals surface area contributed by atoms with E-state index in [1.165, 1.54) is 23.5 Å². The zero-order valence-electron chi connectivity index (χ0n) is 9.83. The molecule has 1 aromatic heterocycles. The second kappa shape index (κ2) is 6.02. The third-order valence-electron chi connectivity index (χ3n) is 2.61. The lowest BCUT2D eigenvalue weighted by atomic mass is 10.1. The molecular weight excluding hydrogens is 254 g/mol. The van der Waals surface area contributed by atoms with Crippen LogP contribution < -0.4 is 5.73 Å². The second-order valence-electron chi connectivity index (χ2n) is 4.00. The normalized spacial score (nSPS) is 10.8. The Morgan fingerprint density at radius 2 is 2.00 bits per heavy atom. The molecule has 0 aliphatic rings. The molecule has 0 saturated carbocycles. The number of aromatic nitrogens is 1. The number of benzene rings is 1. The number of unbranched alkanes of at least 4 members (excludes halogenated alkanes) is 1. The van der Waals surface area contributed by atoms with Gasteiger partial charge in [0, 0.05) is 10.9 Å². The summed E-state index contributed by atoms with van der Waals surface area (Å²) in [5.74, 6) is -1.68. The molecule has 0 bridgehead atoms. The molecule has 2 N–H and O–H groups in total. The van der Waals surface area contributed by atoms with Crippen molar-refractivity contribution in [1.82, 2.24) is 4.98 Å². The van der Waals surface area contributed by atoms with Gasteiger partial charge in [-0.15, -0.1) is 11.3 Å². The smallest absolute Gasteiger partial charge is 0.159 e. The fraction of sp³-hybridized carbons (Fsp3) is 0.308. The number of aryl methyl sites for hydroxylation is 1. The van der Waals surface area contributed by atoms with Crippen molar-refractivity contribution < 1.29 is 8.78 Å². The van der Waals surface area contributed by atoms with Crippen LogP contribution in [0.25, 0.3) is 11.3 Å². The van der Waals surface area contributed by atoms with Gasteiger partial charge in [-0.2, -0.15) is 0 Å². The zero-order chi connectivity index (χ0) is 13.0. The minimum absolute atomic E-state index is 0.607. The summed E-state index contributed by atoms with van der Waals surface area (Å²) in [6.45, 7) is 0.682. The Morgan fingerprint density at radius 3 is 2.72 bits per heavy atom. The predicted molar refractivity (Wildman–Crippen MR) is 69.5 cm³/mol. The molecule has 96 valence electrons. The molecule has 2 nitrogen and oxygen atoms in total. The third kappa shape index (κ3) is 3.11. The van der Waals surface area contributed by atoms with Crippen molar-refractivity contribution in [3.8, 4) is 11.3 Å². The first-order valence-electron chi connectivity index (χ1n) is 5.80. The molecule has 0 spiro atoms. The Kier molecular flexibility index (Phi) is 4.38. The van der Waals surface area contributed by atoms with Crippen molar-refractivity contribution in [2.45, 2.75) is 19.3 Å². The molecule has 0 aliphatic carbocycles. The summed E-state index contributed by atoms with van der Waals surface area (Å²) in [7, 11) is 0. The fourth-order valence-electron chi connectivity index (χ4n) is 1.63. The first-order valence-corrected chi connectivity index (χ1v) is 6.68. The first kappa shape index (κ1) is 13.1. The van der Waals surface area contributed by atoms with E-state index in [2.05, 4.69) is 4.98 Å². The summed E-state index contributed by atoms with van der Waals surface area (Å²) in [5.41, 5.74) is 6.73. The van der Waals surface area contributed by atoms with E-state index in [0.717, 1.165) is 30.3 Å². The van der Waals surface area contributed by atoms with Gasteiger partial charge in [-0.3, -0.25) is 0 Å². The maximum Gasteiger partial charge on any atom is 0.159 e. The fourth-order valence-corrected chi connectivity index (χ4v) is 2.48. The summed E-state index contributed by atoms with van der Waals surface area (Å²) >= 11 is 1.54. The molecule has 1 aromatic carbocycles. The Balaban J connectivity index is 2.11. The van der Waals surface area contributed by atoms with Gasteiger partial charge in [0.15, 0.2) is 11.6 Å². The molecule has 2 rings (SSSR count). The van der Waals surface area contributed by atoms with E-state index in [0.29, 0.717) is 17.8 Å². The van der Waals surface area contributed by atoms with Crippen molar-refractivity contribution in [2.24, 2.45) is 5.73 Å². The zero-order valence-corrected chi connectivity index (χ0v) is 10.6. The molecule has 0 unspecified atom stereocenters. The monoisotopic (exact) mass is 268 g/mol. The summed E-state index contributed by atoms with van der Waals surface area (Å²) in [5, 5.41) is 2.87. The summed E-state index contributed by atoms with van der Waals surface area (Å²) < 4.78 is 25.9. The van der Waals surface area contributed by atoms with Gasteiger partial charge in [0.25, 0.3) is 0 Å². The van der Waals surface area contributed by atoms with Crippen LogP contribution in [0.4, 0.5) is 8.78 Å². The average Bonchev–Trinajstić information content (AvgIpc) is 2.82. The maximum atomic E-state index is 13.1. The molecule has 5 heteroatoms. The van der Waals surface area contributed by atoms with Crippen LogP contribution >= 0.6 is 11.3 Å².